The van der Waals surface area contributed by atoms with Crippen molar-refractivity contribution in [3.63, 3.8) is 0 Å². The lowest BCUT2D eigenvalue weighted by Crippen LogP contribution is -2.43. The molecule has 2 fully saturated rings. The normalized spacial score (nSPS) is 27.4. The van der Waals surface area contributed by atoms with Crippen LogP contribution >= 0.6 is 0 Å². The Bertz CT molecular complexity index is 694. The highest BCUT2D eigenvalue weighted by molar-refractivity contribution is 5.96. The number of nitrogens with zero attached hydrogens (tertiary/aromatic N) is 2. The van der Waals surface area contributed by atoms with Gasteiger partial charge in [0, 0.05) is 24.5 Å². The van der Waals surface area contributed by atoms with Crippen LogP contribution in [-0.2, 0) is 6.42 Å². The van der Waals surface area contributed by atoms with Gasteiger partial charge in [0.15, 0.2) is 5.58 Å². The minimum absolute atomic E-state index is 0.0705. The molecule has 1 unspecified atom stereocenters. The van der Waals surface area contributed by atoms with E-state index in [1.165, 1.54) is 13.0 Å². The number of pyridine rings is 1. The lowest BCUT2D eigenvalue weighted by Gasteiger charge is -2.22. The van der Waals surface area contributed by atoms with Gasteiger partial charge in [-0.15, -0.1) is 0 Å². The summed E-state index contributed by atoms with van der Waals surface area (Å²) in [7, 11) is 0. The molecule has 2 aromatic heterocycles. The number of fused-ring (bicyclic) bond motifs is 3. The van der Waals surface area contributed by atoms with Crippen molar-refractivity contribution in [3.8, 4) is 0 Å². The average Bonchev–Trinajstić information content (AvgIpc) is 3.21. The second-order valence-corrected chi connectivity index (χ2v) is 6.07. The van der Waals surface area contributed by atoms with Crippen LogP contribution in [-0.4, -0.2) is 41.5 Å². The number of aryl methyl sites for hydroxylation is 1. The van der Waals surface area contributed by atoms with E-state index >= 15 is 0 Å². The number of piperidine rings is 1. The van der Waals surface area contributed by atoms with Gasteiger partial charge in [-0.1, -0.05) is 6.92 Å². The van der Waals surface area contributed by atoms with E-state index in [-0.39, 0.29) is 11.9 Å². The maximum atomic E-state index is 12.4. The van der Waals surface area contributed by atoms with E-state index in [2.05, 4.69) is 22.1 Å². The molecule has 2 aliphatic rings. The fraction of sp³-hybridized carbons (Fsp3) is 0.500. The monoisotopic (exact) mass is 285 g/mol. The van der Waals surface area contributed by atoms with E-state index in [9.17, 15) is 4.79 Å². The summed E-state index contributed by atoms with van der Waals surface area (Å²) >= 11 is 0. The quantitative estimate of drug-likeness (QED) is 0.934. The molecule has 0 saturated carbocycles. The van der Waals surface area contributed by atoms with Gasteiger partial charge in [-0.05, 0) is 36.9 Å². The Labute approximate surface area is 123 Å². The smallest absolute Gasteiger partial charge is 0.270 e. The molecule has 2 saturated heterocycles. The first-order valence-corrected chi connectivity index (χ1v) is 7.64. The third kappa shape index (κ3) is 2.12. The number of aromatic nitrogens is 1. The summed E-state index contributed by atoms with van der Waals surface area (Å²) in [6, 6.07) is 2.12. The molecule has 0 spiro atoms. The maximum absolute atomic E-state index is 12.4. The molecule has 3 atom stereocenters. The van der Waals surface area contributed by atoms with Gasteiger partial charge < -0.3 is 14.6 Å². The molecule has 2 aliphatic heterocycles. The fourth-order valence-electron chi connectivity index (χ4n) is 3.57. The predicted molar refractivity (Wildman–Crippen MR) is 79.2 cm³/mol. The number of hydrogen-bond acceptors (Lipinski definition) is 4. The molecular formula is C16H19N3O2. The highest BCUT2D eigenvalue weighted by atomic mass is 16.3. The fourth-order valence-corrected chi connectivity index (χ4v) is 3.57. The zero-order chi connectivity index (χ0) is 14.4. The Kier molecular flexibility index (Phi) is 2.96. The number of carbonyl (C=O) groups excluding carboxylic acids is 1. The van der Waals surface area contributed by atoms with Crippen molar-refractivity contribution in [1.82, 2.24) is 15.2 Å². The van der Waals surface area contributed by atoms with Crippen LogP contribution in [0.4, 0.5) is 0 Å². The predicted octanol–water partition coefficient (Wildman–Crippen LogP) is 1.82. The van der Waals surface area contributed by atoms with Gasteiger partial charge in [0.1, 0.15) is 5.69 Å². The Hall–Kier alpha value is -1.88. The molecule has 21 heavy (non-hydrogen) atoms. The molecule has 5 nitrogen and oxygen atoms in total. The van der Waals surface area contributed by atoms with Crippen LogP contribution in [0.15, 0.2) is 22.9 Å². The van der Waals surface area contributed by atoms with Gasteiger partial charge in [0.05, 0.1) is 12.5 Å². The first-order valence-electron chi connectivity index (χ1n) is 7.64. The van der Waals surface area contributed by atoms with E-state index in [0.29, 0.717) is 11.6 Å². The van der Waals surface area contributed by atoms with E-state index < -0.39 is 0 Å². The van der Waals surface area contributed by atoms with E-state index in [0.717, 1.165) is 36.0 Å². The summed E-state index contributed by atoms with van der Waals surface area (Å²) in [5.74, 6) is 0.539. The summed E-state index contributed by atoms with van der Waals surface area (Å²) in [6.07, 6.45) is 5.47. The highest BCUT2D eigenvalue weighted by Gasteiger charge is 2.38. The molecule has 0 aliphatic carbocycles. The molecule has 2 aromatic rings. The van der Waals surface area contributed by atoms with Crippen LogP contribution in [0.3, 0.4) is 0 Å². The van der Waals surface area contributed by atoms with Crippen molar-refractivity contribution in [2.45, 2.75) is 25.8 Å². The molecule has 2 bridgehead atoms. The third-order valence-electron chi connectivity index (χ3n) is 4.80. The molecule has 0 radical (unpaired) electrons. The molecule has 1 N–H and O–H groups in total. The summed E-state index contributed by atoms with van der Waals surface area (Å²) in [5.41, 5.74) is 2.35. The number of amides is 1. The molecule has 0 aromatic carbocycles. The number of nitrogens with one attached hydrogen (secondary N) is 1. The Morgan fingerprint density at radius 3 is 3.14 bits per heavy atom. The number of carbonyl (C=O) groups is 1. The van der Waals surface area contributed by atoms with Crippen molar-refractivity contribution in [2.75, 3.05) is 19.6 Å². The van der Waals surface area contributed by atoms with Crippen molar-refractivity contribution in [3.05, 3.63) is 29.8 Å². The molecular weight excluding hydrogens is 266 g/mol. The second-order valence-electron chi connectivity index (χ2n) is 6.07. The van der Waals surface area contributed by atoms with Gasteiger partial charge in [-0.2, -0.15) is 0 Å². The maximum Gasteiger partial charge on any atom is 0.270 e. The summed E-state index contributed by atoms with van der Waals surface area (Å²) in [5, 5.41) is 4.14. The summed E-state index contributed by atoms with van der Waals surface area (Å²) in [4.78, 5) is 19.1. The third-order valence-corrected chi connectivity index (χ3v) is 4.80. The van der Waals surface area contributed by atoms with Gasteiger partial charge in [0.25, 0.3) is 5.91 Å². The van der Waals surface area contributed by atoms with Gasteiger partial charge in [0.2, 0.25) is 0 Å². The van der Waals surface area contributed by atoms with Gasteiger partial charge in [-0.25, -0.2) is 4.98 Å². The first kappa shape index (κ1) is 12.8. The summed E-state index contributed by atoms with van der Waals surface area (Å²) in [6.45, 7) is 5.36. The van der Waals surface area contributed by atoms with Crippen LogP contribution in [0.5, 0.6) is 0 Å². The van der Waals surface area contributed by atoms with Crippen molar-refractivity contribution in [2.24, 2.45) is 5.92 Å². The zero-order valence-corrected chi connectivity index (χ0v) is 12.1. The van der Waals surface area contributed by atoms with Crippen LogP contribution in [0.25, 0.3) is 11.0 Å². The van der Waals surface area contributed by atoms with Gasteiger partial charge >= 0.3 is 0 Å². The largest absolute Gasteiger partial charge is 0.462 e. The van der Waals surface area contributed by atoms with Crippen LogP contribution in [0.1, 0.15) is 29.4 Å². The van der Waals surface area contributed by atoms with E-state index in [1.807, 2.05) is 6.07 Å². The standard InChI is InChI=1S/C16H19N3O2/c1-2-10-9-21-15-6-17-13(5-12(10)15)16(20)18-14-8-19-4-3-11(14)7-19/h5-6,9,11,14H,2-4,7-8H2,1H3,(H,18,20)/t11-,14+/m1/s1. The van der Waals surface area contributed by atoms with Gasteiger partial charge in [-0.3, -0.25) is 4.79 Å². The first-order chi connectivity index (χ1) is 10.2. The van der Waals surface area contributed by atoms with Crippen LogP contribution < -0.4 is 5.32 Å². The Morgan fingerprint density at radius 1 is 1.52 bits per heavy atom. The van der Waals surface area contributed by atoms with E-state index in [1.54, 1.807) is 12.5 Å². The van der Waals surface area contributed by atoms with Crippen LogP contribution in [0.2, 0.25) is 0 Å². The highest BCUT2D eigenvalue weighted by Crippen LogP contribution is 2.28. The molecule has 5 heteroatoms. The van der Waals surface area contributed by atoms with E-state index in [4.69, 9.17) is 4.42 Å². The van der Waals surface area contributed by atoms with Crippen molar-refractivity contribution >= 4 is 16.9 Å². The van der Waals surface area contributed by atoms with Crippen LogP contribution in [0, 0.1) is 5.92 Å². The second kappa shape index (κ2) is 4.84. The van der Waals surface area contributed by atoms with Crippen molar-refractivity contribution in [1.29, 1.82) is 0 Å². The minimum atomic E-state index is -0.0705. The Morgan fingerprint density at radius 2 is 2.43 bits per heavy atom. The number of hydrogen-bond donors (Lipinski definition) is 1. The average molecular weight is 285 g/mol. The molecule has 1 amide bonds. The molecule has 4 rings (SSSR count). The topological polar surface area (TPSA) is 58.4 Å². The Balaban J connectivity index is 1.56. The zero-order valence-electron chi connectivity index (χ0n) is 12.1. The lowest BCUT2D eigenvalue weighted by atomic mass is 10.00. The molecule has 110 valence electrons. The van der Waals surface area contributed by atoms with Crippen molar-refractivity contribution < 1.29 is 9.21 Å². The number of furan rings is 1. The SMILES string of the molecule is CCc1coc2cnc(C(=O)N[C@H]3CN4CC[C@@H]3C4)cc12. The summed E-state index contributed by atoms with van der Waals surface area (Å²) < 4.78 is 5.45. The minimum Gasteiger partial charge on any atom is -0.462 e. The number of rotatable bonds is 3. The molecule has 4 heterocycles. The lowest BCUT2D eigenvalue weighted by molar-refractivity contribution is 0.0919.